The highest BCUT2D eigenvalue weighted by atomic mass is 32.2. The first kappa shape index (κ1) is 23.1. The first-order valence-electron chi connectivity index (χ1n) is 10.3. The van der Waals surface area contributed by atoms with Gasteiger partial charge in [0, 0.05) is 0 Å². The van der Waals surface area contributed by atoms with Gasteiger partial charge in [0.05, 0.1) is 42.8 Å². The zero-order valence-electron chi connectivity index (χ0n) is 18.6. The highest BCUT2D eigenvalue weighted by molar-refractivity contribution is 7.99. The molecule has 9 heteroatoms. The Balaban J connectivity index is 1.50. The summed E-state index contributed by atoms with van der Waals surface area (Å²) < 4.78 is 12.0. The summed E-state index contributed by atoms with van der Waals surface area (Å²) in [5, 5.41) is 4.95. The van der Waals surface area contributed by atoms with E-state index < -0.39 is 0 Å². The van der Waals surface area contributed by atoms with Gasteiger partial charge in [0.1, 0.15) is 0 Å². The lowest BCUT2D eigenvalue weighted by molar-refractivity contribution is -0.118. The van der Waals surface area contributed by atoms with Crippen LogP contribution in [0.15, 0.2) is 87.8 Å². The lowest BCUT2D eigenvalue weighted by atomic mass is 10.2. The number of amides is 1. The highest BCUT2D eigenvalue weighted by Crippen LogP contribution is 2.27. The van der Waals surface area contributed by atoms with Crippen molar-refractivity contribution in [2.75, 3.05) is 20.0 Å². The normalized spacial score (nSPS) is 11.0. The quantitative estimate of drug-likeness (QED) is 0.181. The van der Waals surface area contributed by atoms with Gasteiger partial charge in [-0.15, -0.1) is 0 Å². The minimum Gasteiger partial charge on any atom is -0.493 e. The fourth-order valence-corrected chi connectivity index (χ4v) is 4.09. The molecule has 0 bridgehead atoms. The van der Waals surface area contributed by atoms with Gasteiger partial charge in [0.15, 0.2) is 16.7 Å². The number of aromatic nitrogens is 2. The van der Waals surface area contributed by atoms with Crippen molar-refractivity contribution in [2.45, 2.75) is 5.16 Å². The van der Waals surface area contributed by atoms with Crippen molar-refractivity contribution >= 4 is 34.8 Å². The summed E-state index contributed by atoms with van der Waals surface area (Å²) in [5.41, 5.74) is 4.31. The Kier molecular flexibility index (Phi) is 7.24. The number of thioether (sulfide) groups is 1. The molecule has 8 nitrogen and oxygen atoms in total. The lowest BCUT2D eigenvalue weighted by Crippen LogP contribution is -2.24. The number of hydrogen-bond donors (Lipinski definition) is 1. The minimum atomic E-state index is -0.330. The van der Waals surface area contributed by atoms with Gasteiger partial charge in [-0.25, -0.2) is 10.4 Å². The van der Waals surface area contributed by atoms with Crippen molar-refractivity contribution in [2.24, 2.45) is 5.10 Å². The number of carbonyl (C=O) groups is 1. The van der Waals surface area contributed by atoms with Crippen molar-refractivity contribution < 1.29 is 14.3 Å². The maximum Gasteiger partial charge on any atom is 0.266 e. The Morgan fingerprint density at radius 1 is 1.03 bits per heavy atom. The summed E-state index contributed by atoms with van der Waals surface area (Å²) in [7, 11) is 3.11. The standard InChI is InChI=1S/C25H22N4O4S/c1-32-21-13-12-17(14-22(21)33-2)15-26-28-23(30)16-34-25-27-20-11-7-6-10-19(20)24(31)29(25)18-8-4-3-5-9-18/h3-15H,16H2,1-2H3,(H,28,30)/b26-15+. The molecule has 0 fully saturated rings. The molecule has 0 saturated carbocycles. The molecule has 172 valence electrons. The molecule has 1 amide bonds. The van der Waals surface area contributed by atoms with Crippen LogP contribution in [0.4, 0.5) is 0 Å². The van der Waals surface area contributed by atoms with Crippen LogP contribution in [-0.2, 0) is 4.79 Å². The van der Waals surface area contributed by atoms with E-state index in [-0.39, 0.29) is 17.2 Å². The van der Waals surface area contributed by atoms with E-state index in [1.165, 1.54) is 22.5 Å². The fourth-order valence-electron chi connectivity index (χ4n) is 3.29. The van der Waals surface area contributed by atoms with Crippen LogP contribution >= 0.6 is 11.8 Å². The molecule has 34 heavy (non-hydrogen) atoms. The Morgan fingerprint density at radius 2 is 1.76 bits per heavy atom. The summed E-state index contributed by atoms with van der Waals surface area (Å²) >= 11 is 1.17. The first-order valence-corrected chi connectivity index (χ1v) is 11.3. The number of para-hydroxylation sites is 2. The molecular formula is C25H22N4O4S. The molecule has 1 aromatic heterocycles. The smallest absolute Gasteiger partial charge is 0.266 e. The van der Waals surface area contributed by atoms with E-state index in [0.717, 1.165) is 5.56 Å². The van der Waals surface area contributed by atoms with Gasteiger partial charge in [-0.05, 0) is 48.0 Å². The topological polar surface area (TPSA) is 94.8 Å². The molecule has 0 saturated heterocycles. The Hall–Kier alpha value is -4.11. The molecule has 0 aliphatic carbocycles. The van der Waals surface area contributed by atoms with E-state index in [0.29, 0.717) is 33.2 Å². The Bertz CT molecular complexity index is 1400. The Labute approximate surface area is 200 Å². The summed E-state index contributed by atoms with van der Waals surface area (Å²) in [4.78, 5) is 30.2. The predicted molar refractivity (Wildman–Crippen MR) is 133 cm³/mol. The molecular weight excluding hydrogens is 452 g/mol. The molecule has 1 N–H and O–H groups in total. The fraction of sp³-hybridized carbons (Fsp3) is 0.120. The third-order valence-electron chi connectivity index (χ3n) is 4.90. The average Bonchev–Trinajstić information content (AvgIpc) is 2.88. The largest absolute Gasteiger partial charge is 0.493 e. The van der Waals surface area contributed by atoms with Crippen molar-refractivity contribution in [3.8, 4) is 17.2 Å². The van der Waals surface area contributed by atoms with E-state index in [2.05, 4.69) is 15.5 Å². The SMILES string of the molecule is COc1ccc(/C=N/NC(=O)CSc2nc3ccccc3c(=O)n2-c2ccccc2)cc1OC. The second kappa shape index (κ2) is 10.7. The molecule has 3 aromatic carbocycles. The Morgan fingerprint density at radius 3 is 2.53 bits per heavy atom. The van der Waals surface area contributed by atoms with Crippen LogP contribution in [0, 0.1) is 0 Å². The van der Waals surface area contributed by atoms with Crippen LogP contribution in [0.25, 0.3) is 16.6 Å². The number of carbonyl (C=O) groups excluding carboxylic acids is 1. The van der Waals surface area contributed by atoms with Crippen molar-refractivity contribution in [3.63, 3.8) is 0 Å². The zero-order valence-corrected chi connectivity index (χ0v) is 19.4. The van der Waals surface area contributed by atoms with E-state index in [1.54, 1.807) is 50.6 Å². The molecule has 0 aliphatic heterocycles. The number of fused-ring (bicyclic) bond motifs is 1. The van der Waals surface area contributed by atoms with E-state index in [1.807, 2.05) is 36.4 Å². The highest BCUT2D eigenvalue weighted by Gasteiger charge is 2.14. The van der Waals surface area contributed by atoms with Gasteiger partial charge in [-0.1, -0.05) is 42.1 Å². The van der Waals surface area contributed by atoms with Crippen molar-refractivity contribution in [1.82, 2.24) is 15.0 Å². The van der Waals surface area contributed by atoms with Crippen LogP contribution < -0.4 is 20.5 Å². The van der Waals surface area contributed by atoms with Crippen LogP contribution in [0.5, 0.6) is 11.5 Å². The zero-order chi connectivity index (χ0) is 23.9. The number of nitrogens with zero attached hydrogens (tertiary/aromatic N) is 3. The van der Waals surface area contributed by atoms with Gasteiger partial charge in [0.25, 0.3) is 11.5 Å². The lowest BCUT2D eigenvalue weighted by Gasteiger charge is -2.12. The summed E-state index contributed by atoms with van der Waals surface area (Å²) in [6.07, 6.45) is 1.51. The van der Waals surface area contributed by atoms with E-state index in [4.69, 9.17) is 9.47 Å². The van der Waals surface area contributed by atoms with E-state index >= 15 is 0 Å². The number of benzene rings is 3. The maximum atomic E-state index is 13.2. The molecule has 0 radical (unpaired) electrons. The molecule has 4 rings (SSSR count). The summed E-state index contributed by atoms with van der Waals surface area (Å²) in [6, 6.07) is 21.7. The average molecular weight is 475 g/mol. The number of methoxy groups -OCH3 is 2. The molecule has 0 spiro atoms. The third kappa shape index (κ3) is 5.10. The van der Waals surface area contributed by atoms with Gasteiger partial charge in [-0.3, -0.25) is 14.2 Å². The number of rotatable bonds is 8. The van der Waals surface area contributed by atoms with Crippen LogP contribution in [-0.4, -0.2) is 41.6 Å². The van der Waals surface area contributed by atoms with E-state index in [9.17, 15) is 9.59 Å². The second-order valence-electron chi connectivity index (χ2n) is 7.08. The second-order valence-corrected chi connectivity index (χ2v) is 8.03. The number of ether oxygens (including phenoxy) is 2. The van der Waals surface area contributed by atoms with Gasteiger partial charge < -0.3 is 9.47 Å². The molecule has 1 heterocycles. The van der Waals surface area contributed by atoms with Crippen LogP contribution in [0.1, 0.15) is 5.56 Å². The van der Waals surface area contributed by atoms with Crippen LogP contribution in [0.3, 0.4) is 0 Å². The predicted octanol–water partition coefficient (Wildman–Crippen LogP) is 3.65. The molecule has 0 atom stereocenters. The van der Waals surface area contributed by atoms with Gasteiger partial charge in [0.2, 0.25) is 0 Å². The minimum absolute atomic E-state index is 0.0287. The summed E-state index contributed by atoms with van der Waals surface area (Å²) in [5.74, 6) is 0.867. The monoisotopic (exact) mass is 474 g/mol. The summed E-state index contributed by atoms with van der Waals surface area (Å²) in [6.45, 7) is 0. The maximum absolute atomic E-state index is 13.2. The van der Waals surface area contributed by atoms with Gasteiger partial charge in [-0.2, -0.15) is 5.10 Å². The number of hydrogen-bond acceptors (Lipinski definition) is 7. The molecule has 4 aromatic rings. The van der Waals surface area contributed by atoms with Crippen LogP contribution in [0.2, 0.25) is 0 Å². The number of nitrogens with one attached hydrogen (secondary N) is 1. The van der Waals surface area contributed by atoms with Gasteiger partial charge >= 0.3 is 0 Å². The number of hydrazone groups is 1. The van der Waals surface area contributed by atoms with Crippen molar-refractivity contribution in [3.05, 3.63) is 88.7 Å². The van der Waals surface area contributed by atoms with Crippen molar-refractivity contribution in [1.29, 1.82) is 0 Å². The molecule has 0 unspecified atom stereocenters. The first-order chi connectivity index (χ1) is 16.6. The molecule has 0 aliphatic rings. The third-order valence-corrected chi connectivity index (χ3v) is 5.84.